The lowest BCUT2D eigenvalue weighted by molar-refractivity contribution is -0.118. The number of amides is 1. The van der Waals surface area contributed by atoms with Crippen molar-refractivity contribution in [3.05, 3.63) is 41.2 Å². The molecule has 1 N–H and O–H groups in total. The Labute approximate surface area is 193 Å². The van der Waals surface area contributed by atoms with Gasteiger partial charge in [-0.05, 0) is 30.0 Å². The molecule has 1 heterocycles. The van der Waals surface area contributed by atoms with Gasteiger partial charge in [-0.2, -0.15) is 0 Å². The molecule has 1 atom stereocenters. The van der Waals surface area contributed by atoms with Crippen LogP contribution in [0.2, 0.25) is 5.02 Å². The number of nitrogens with one attached hydrogen (secondary N) is 1. The van der Waals surface area contributed by atoms with Gasteiger partial charge in [-0.15, -0.1) is 0 Å². The number of carbonyl (C=O) groups excluding carboxylic acids is 1. The highest BCUT2D eigenvalue weighted by Gasteiger charge is 2.28. The van der Waals surface area contributed by atoms with E-state index in [0.29, 0.717) is 42.8 Å². The first-order valence-electron chi connectivity index (χ1n) is 10.5. The number of ether oxygens (including phenoxy) is 2. The van der Waals surface area contributed by atoms with E-state index in [2.05, 4.69) is 15.3 Å². The first-order chi connectivity index (χ1) is 15.3. The van der Waals surface area contributed by atoms with Gasteiger partial charge in [-0.1, -0.05) is 43.4 Å². The van der Waals surface area contributed by atoms with Crippen LogP contribution in [-0.4, -0.2) is 50.9 Å². The molecule has 0 radical (unpaired) electrons. The normalized spacial score (nSPS) is 15.5. The van der Waals surface area contributed by atoms with Gasteiger partial charge >= 0.3 is 0 Å². The molecule has 0 aliphatic heterocycles. The summed E-state index contributed by atoms with van der Waals surface area (Å²) in [6.45, 7) is 0.786. The number of hydrogen-bond acceptors (Lipinski definition) is 7. The third-order valence-electron chi connectivity index (χ3n) is 5.53. The number of nitrogens with zero attached hydrogens (tertiary/aromatic N) is 2. The van der Waals surface area contributed by atoms with Gasteiger partial charge in [0, 0.05) is 13.4 Å². The molecule has 1 aromatic heterocycles. The van der Waals surface area contributed by atoms with Crippen LogP contribution in [0.5, 0.6) is 5.88 Å². The number of hydrogen-bond donors (Lipinski definition) is 1. The second-order valence-electron chi connectivity index (χ2n) is 7.97. The molecule has 0 bridgehead atoms. The van der Waals surface area contributed by atoms with Gasteiger partial charge in [0.1, 0.15) is 6.61 Å². The van der Waals surface area contributed by atoms with Crippen LogP contribution in [0.25, 0.3) is 0 Å². The van der Waals surface area contributed by atoms with Gasteiger partial charge in [0.25, 0.3) is 0 Å². The Hall–Kier alpha value is -2.23. The molecule has 1 aliphatic carbocycles. The van der Waals surface area contributed by atoms with Crippen molar-refractivity contribution in [1.82, 2.24) is 9.97 Å². The van der Waals surface area contributed by atoms with Crippen LogP contribution < -0.4 is 10.1 Å². The molecule has 0 unspecified atom stereocenters. The van der Waals surface area contributed by atoms with E-state index in [1.165, 1.54) is 18.5 Å². The molecule has 1 saturated carbocycles. The van der Waals surface area contributed by atoms with E-state index < -0.39 is 15.8 Å². The third kappa shape index (κ3) is 6.63. The second kappa shape index (κ2) is 11.1. The van der Waals surface area contributed by atoms with Crippen molar-refractivity contribution in [2.45, 2.75) is 42.9 Å². The van der Waals surface area contributed by atoms with Crippen molar-refractivity contribution in [2.75, 3.05) is 31.9 Å². The molecule has 0 spiro atoms. The summed E-state index contributed by atoms with van der Waals surface area (Å²) in [5, 5.41) is 2.94. The zero-order valence-corrected chi connectivity index (χ0v) is 19.8. The molecule has 1 aliphatic rings. The minimum atomic E-state index is -3.45. The van der Waals surface area contributed by atoms with Gasteiger partial charge in [-0.25, -0.2) is 18.4 Å². The van der Waals surface area contributed by atoms with Crippen LogP contribution in [-0.2, 0) is 19.4 Å². The fourth-order valence-corrected chi connectivity index (χ4v) is 5.24. The number of benzene rings is 1. The molecule has 1 aromatic carbocycles. The molecule has 0 saturated heterocycles. The first kappa shape index (κ1) is 24.4. The maximum absolute atomic E-state index is 13.2. The number of rotatable bonds is 10. The molecule has 8 nitrogen and oxygen atoms in total. The minimum Gasteiger partial charge on any atom is -0.474 e. The van der Waals surface area contributed by atoms with E-state index >= 15 is 0 Å². The van der Waals surface area contributed by atoms with Crippen molar-refractivity contribution < 1.29 is 22.7 Å². The Morgan fingerprint density at radius 3 is 2.56 bits per heavy atom. The average Bonchev–Trinajstić information content (AvgIpc) is 3.26. The van der Waals surface area contributed by atoms with E-state index in [9.17, 15) is 13.2 Å². The van der Waals surface area contributed by atoms with Gasteiger partial charge in [0.15, 0.2) is 15.7 Å². The number of sulfone groups is 1. The van der Waals surface area contributed by atoms with Crippen molar-refractivity contribution in [1.29, 1.82) is 0 Å². The fourth-order valence-electron chi connectivity index (χ4n) is 3.91. The van der Waals surface area contributed by atoms with Gasteiger partial charge in [0.05, 0.1) is 34.8 Å². The van der Waals surface area contributed by atoms with Crippen molar-refractivity contribution in [3.8, 4) is 5.88 Å². The van der Waals surface area contributed by atoms with Crippen LogP contribution in [0, 0.1) is 5.92 Å². The Balaban J connectivity index is 1.78. The summed E-state index contributed by atoms with van der Waals surface area (Å²) in [7, 11) is -1.87. The molecule has 3 rings (SSSR count). The Morgan fingerprint density at radius 1 is 1.22 bits per heavy atom. The summed E-state index contributed by atoms with van der Waals surface area (Å²) >= 11 is 6.25. The second-order valence-corrected chi connectivity index (χ2v) is 10.4. The molecule has 1 amide bonds. The van der Waals surface area contributed by atoms with Gasteiger partial charge < -0.3 is 14.8 Å². The maximum atomic E-state index is 13.2. The van der Waals surface area contributed by atoms with Crippen molar-refractivity contribution in [3.63, 3.8) is 0 Å². The van der Waals surface area contributed by atoms with E-state index in [4.69, 9.17) is 21.1 Å². The number of carbonyl (C=O) groups is 1. The minimum absolute atomic E-state index is 0.0536. The Bertz CT molecular complexity index is 1020. The fraction of sp³-hybridized carbons (Fsp3) is 0.500. The smallest absolute Gasteiger partial charge is 0.233 e. The lowest BCUT2D eigenvalue weighted by atomic mass is 9.87. The molecule has 174 valence electrons. The highest BCUT2D eigenvalue weighted by Crippen LogP contribution is 2.36. The number of anilines is 1. The molecular weight excluding hydrogens is 454 g/mol. The first-order valence-corrected chi connectivity index (χ1v) is 12.8. The lowest BCUT2D eigenvalue weighted by Gasteiger charge is -2.21. The predicted octanol–water partition coefficient (Wildman–Crippen LogP) is 3.86. The van der Waals surface area contributed by atoms with Gasteiger partial charge in [0.2, 0.25) is 11.8 Å². The molecule has 10 heteroatoms. The van der Waals surface area contributed by atoms with Crippen molar-refractivity contribution >= 4 is 33.2 Å². The highest BCUT2D eigenvalue weighted by molar-refractivity contribution is 7.90. The Morgan fingerprint density at radius 2 is 1.97 bits per heavy atom. The molecule has 2 aromatic rings. The van der Waals surface area contributed by atoms with Crippen LogP contribution in [0.15, 0.2) is 35.5 Å². The summed E-state index contributed by atoms with van der Waals surface area (Å²) in [6, 6.07) is 4.71. The number of methoxy groups -OCH3 is 1. The standard InChI is InChI=1S/C22H28ClN3O5S/c1-30-9-10-31-21-14-24-20(13-25-21)26-22(27)17(11-15-5-3-4-6-15)16-7-8-19(18(23)12-16)32(2,28)29/h7-8,12-15,17H,3-6,9-11H2,1-2H3,(H,24,26,27)/t17-/m1/s1. The van der Waals surface area contributed by atoms with Crippen molar-refractivity contribution in [2.24, 2.45) is 5.92 Å². The van der Waals surface area contributed by atoms with Gasteiger partial charge in [-0.3, -0.25) is 4.79 Å². The number of halogens is 1. The molecule has 1 fully saturated rings. The summed E-state index contributed by atoms with van der Waals surface area (Å²) in [4.78, 5) is 21.6. The monoisotopic (exact) mass is 481 g/mol. The van der Waals surface area contributed by atoms with Crippen LogP contribution >= 0.6 is 11.6 Å². The van der Waals surface area contributed by atoms with E-state index in [1.807, 2.05) is 0 Å². The zero-order chi connectivity index (χ0) is 23.1. The highest BCUT2D eigenvalue weighted by atomic mass is 35.5. The van der Waals surface area contributed by atoms with Crippen LogP contribution in [0.3, 0.4) is 0 Å². The van der Waals surface area contributed by atoms with Crippen LogP contribution in [0.4, 0.5) is 5.82 Å². The van der Waals surface area contributed by atoms with E-state index in [-0.39, 0.29) is 15.8 Å². The predicted molar refractivity (Wildman–Crippen MR) is 122 cm³/mol. The van der Waals surface area contributed by atoms with E-state index in [1.54, 1.807) is 19.2 Å². The summed E-state index contributed by atoms with van der Waals surface area (Å²) in [6.07, 6.45) is 9.11. The largest absolute Gasteiger partial charge is 0.474 e. The summed E-state index contributed by atoms with van der Waals surface area (Å²) in [5.41, 5.74) is 0.680. The average molecular weight is 482 g/mol. The quantitative estimate of drug-likeness (QED) is 0.513. The number of aromatic nitrogens is 2. The summed E-state index contributed by atoms with van der Waals surface area (Å²) in [5.74, 6) is 0.364. The third-order valence-corrected chi connectivity index (χ3v) is 7.11. The lowest BCUT2D eigenvalue weighted by Crippen LogP contribution is -2.24. The zero-order valence-electron chi connectivity index (χ0n) is 18.2. The SMILES string of the molecule is COCCOc1cnc(NC(=O)[C@H](CC2CCCC2)c2ccc(S(C)(=O)=O)c(Cl)c2)cn1. The van der Waals surface area contributed by atoms with Crippen LogP contribution in [0.1, 0.15) is 43.6 Å². The summed E-state index contributed by atoms with van der Waals surface area (Å²) < 4.78 is 34.1. The molecular formula is C22H28ClN3O5S. The molecule has 32 heavy (non-hydrogen) atoms. The Kier molecular flexibility index (Phi) is 8.44. The topological polar surface area (TPSA) is 107 Å². The van der Waals surface area contributed by atoms with E-state index in [0.717, 1.165) is 31.9 Å². The maximum Gasteiger partial charge on any atom is 0.233 e.